The van der Waals surface area contributed by atoms with Crippen molar-refractivity contribution in [3.05, 3.63) is 0 Å². The van der Waals surface area contributed by atoms with E-state index in [4.69, 9.17) is 0 Å². The Balaban J connectivity index is 1.91. The van der Waals surface area contributed by atoms with Crippen molar-refractivity contribution in [2.45, 2.75) is 57.4 Å². The van der Waals surface area contributed by atoms with Gasteiger partial charge in [-0.05, 0) is 18.8 Å². The van der Waals surface area contributed by atoms with E-state index < -0.39 is 0 Å². The Morgan fingerprint density at radius 2 is 1.75 bits per heavy atom. The van der Waals surface area contributed by atoms with Crippen molar-refractivity contribution in [3.8, 4) is 0 Å². The van der Waals surface area contributed by atoms with Gasteiger partial charge in [0.2, 0.25) is 5.91 Å². The van der Waals surface area contributed by atoms with Crippen LogP contribution < -0.4 is 0 Å². The van der Waals surface area contributed by atoms with Crippen LogP contribution in [-0.4, -0.2) is 28.7 Å². The van der Waals surface area contributed by atoms with E-state index in [0.717, 1.165) is 18.3 Å². The maximum atomic E-state index is 11.9. The van der Waals surface area contributed by atoms with E-state index in [1.165, 1.54) is 44.9 Å². The van der Waals surface area contributed by atoms with Crippen molar-refractivity contribution in [2.75, 3.05) is 11.9 Å². The van der Waals surface area contributed by atoms with Crippen LogP contribution in [0.2, 0.25) is 0 Å². The first-order valence-electron chi connectivity index (χ1n) is 6.66. The second-order valence-corrected chi connectivity index (χ2v) is 5.92. The first kappa shape index (κ1) is 12.4. The lowest BCUT2D eigenvalue weighted by Crippen LogP contribution is -2.37. The summed E-state index contributed by atoms with van der Waals surface area (Å²) in [5, 5.41) is 0.974. The summed E-state index contributed by atoms with van der Waals surface area (Å²) in [5.41, 5.74) is 0. The van der Waals surface area contributed by atoms with Gasteiger partial charge in [0.15, 0.2) is 0 Å². The number of hydrogen-bond donors (Lipinski definition) is 0. The molecule has 1 unspecified atom stereocenters. The van der Waals surface area contributed by atoms with Crippen LogP contribution in [-0.2, 0) is 4.79 Å². The zero-order valence-corrected chi connectivity index (χ0v) is 11.5. The van der Waals surface area contributed by atoms with Gasteiger partial charge in [-0.25, -0.2) is 0 Å². The van der Waals surface area contributed by atoms with Gasteiger partial charge in [-0.3, -0.25) is 4.79 Å². The summed E-state index contributed by atoms with van der Waals surface area (Å²) < 4.78 is 0. The predicted molar refractivity (Wildman–Crippen MR) is 69.7 cm³/mol. The Bertz CT molecular complexity index is 236. The number of rotatable bonds is 2. The average molecular weight is 288 g/mol. The van der Waals surface area contributed by atoms with Gasteiger partial charge in [0.25, 0.3) is 0 Å². The SMILES string of the molecule is O=C1CC(CBr)CN1C1CCCCCCC1. The molecule has 0 radical (unpaired) electrons. The first-order valence-corrected chi connectivity index (χ1v) is 7.79. The molecule has 0 bridgehead atoms. The molecule has 1 saturated heterocycles. The van der Waals surface area contributed by atoms with Crippen molar-refractivity contribution in [3.63, 3.8) is 0 Å². The van der Waals surface area contributed by atoms with Crippen molar-refractivity contribution in [1.29, 1.82) is 0 Å². The van der Waals surface area contributed by atoms with Crippen LogP contribution in [0.5, 0.6) is 0 Å². The number of carbonyl (C=O) groups is 1. The average Bonchev–Trinajstić information content (AvgIpc) is 2.60. The van der Waals surface area contributed by atoms with Gasteiger partial charge in [0, 0.05) is 24.3 Å². The fourth-order valence-electron chi connectivity index (χ4n) is 3.01. The van der Waals surface area contributed by atoms with Crippen molar-refractivity contribution < 1.29 is 4.79 Å². The lowest BCUT2D eigenvalue weighted by atomic mass is 9.96. The number of nitrogens with zero attached hydrogens (tertiary/aromatic N) is 1. The maximum absolute atomic E-state index is 11.9. The van der Waals surface area contributed by atoms with E-state index in [1.54, 1.807) is 0 Å². The largest absolute Gasteiger partial charge is 0.339 e. The number of halogens is 1. The number of hydrogen-bond acceptors (Lipinski definition) is 1. The molecule has 0 aromatic heterocycles. The molecule has 1 aliphatic heterocycles. The molecule has 92 valence electrons. The molecular weight excluding hydrogens is 266 g/mol. The van der Waals surface area contributed by atoms with Crippen molar-refractivity contribution in [2.24, 2.45) is 5.92 Å². The van der Waals surface area contributed by atoms with Crippen LogP contribution in [0.3, 0.4) is 0 Å². The molecule has 0 N–H and O–H groups in total. The minimum atomic E-state index is 0.398. The van der Waals surface area contributed by atoms with Crippen LogP contribution >= 0.6 is 15.9 Å². The molecule has 2 aliphatic rings. The molecule has 2 fully saturated rings. The smallest absolute Gasteiger partial charge is 0.223 e. The third-order valence-electron chi connectivity index (χ3n) is 3.97. The minimum absolute atomic E-state index is 0.398. The summed E-state index contributed by atoms with van der Waals surface area (Å²) in [4.78, 5) is 14.1. The topological polar surface area (TPSA) is 20.3 Å². The molecule has 2 rings (SSSR count). The van der Waals surface area contributed by atoms with Crippen LogP contribution in [0, 0.1) is 5.92 Å². The molecule has 0 spiro atoms. The van der Waals surface area contributed by atoms with Crippen LogP contribution in [0.4, 0.5) is 0 Å². The molecule has 16 heavy (non-hydrogen) atoms. The highest BCUT2D eigenvalue weighted by atomic mass is 79.9. The quantitative estimate of drug-likeness (QED) is 0.714. The monoisotopic (exact) mass is 287 g/mol. The first-order chi connectivity index (χ1) is 7.81. The Hall–Kier alpha value is -0.0500. The molecule has 1 atom stereocenters. The third kappa shape index (κ3) is 2.99. The number of carbonyl (C=O) groups excluding carboxylic acids is 1. The van der Waals surface area contributed by atoms with Crippen LogP contribution in [0.25, 0.3) is 0 Å². The van der Waals surface area contributed by atoms with E-state index in [2.05, 4.69) is 20.8 Å². The molecule has 3 heteroatoms. The fraction of sp³-hybridized carbons (Fsp3) is 0.923. The van der Waals surface area contributed by atoms with Gasteiger partial charge in [-0.1, -0.05) is 48.0 Å². The highest BCUT2D eigenvalue weighted by Crippen LogP contribution is 2.28. The molecular formula is C13H22BrNO. The minimum Gasteiger partial charge on any atom is -0.339 e. The molecule has 1 saturated carbocycles. The second kappa shape index (κ2) is 6.04. The van der Waals surface area contributed by atoms with Crippen molar-refractivity contribution >= 4 is 21.8 Å². The van der Waals surface area contributed by atoms with Gasteiger partial charge in [-0.2, -0.15) is 0 Å². The van der Waals surface area contributed by atoms with Gasteiger partial charge >= 0.3 is 0 Å². The molecule has 1 amide bonds. The lowest BCUT2D eigenvalue weighted by molar-refractivity contribution is -0.130. The van der Waals surface area contributed by atoms with E-state index >= 15 is 0 Å². The van der Waals surface area contributed by atoms with E-state index in [-0.39, 0.29) is 0 Å². The summed E-state index contributed by atoms with van der Waals surface area (Å²) in [6.07, 6.45) is 9.98. The second-order valence-electron chi connectivity index (χ2n) is 5.27. The normalized spacial score (nSPS) is 29.2. The Morgan fingerprint density at radius 3 is 2.31 bits per heavy atom. The summed E-state index contributed by atoms with van der Waals surface area (Å²) in [5.74, 6) is 0.952. The van der Waals surface area contributed by atoms with Gasteiger partial charge in [0.1, 0.15) is 0 Å². The Kier molecular flexibility index (Phi) is 4.68. The summed E-state index contributed by atoms with van der Waals surface area (Å²) in [6, 6.07) is 0.553. The van der Waals surface area contributed by atoms with E-state index in [0.29, 0.717) is 17.9 Å². The number of amides is 1. The summed E-state index contributed by atoms with van der Waals surface area (Å²) in [7, 11) is 0. The van der Waals surface area contributed by atoms with Crippen LogP contribution in [0.1, 0.15) is 51.4 Å². The Labute approximate surface area is 107 Å². The van der Waals surface area contributed by atoms with E-state index in [1.807, 2.05) is 0 Å². The highest BCUT2D eigenvalue weighted by molar-refractivity contribution is 9.09. The molecule has 1 aliphatic carbocycles. The Morgan fingerprint density at radius 1 is 1.12 bits per heavy atom. The molecule has 0 aromatic rings. The van der Waals surface area contributed by atoms with Gasteiger partial charge in [-0.15, -0.1) is 0 Å². The van der Waals surface area contributed by atoms with Gasteiger partial charge < -0.3 is 4.90 Å². The van der Waals surface area contributed by atoms with Gasteiger partial charge in [0.05, 0.1) is 0 Å². The summed E-state index contributed by atoms with van der Waals surface area (Å²) >= 11 is 3.50. The fourth-order valence-corrected chi connectivity index (χ4v) is 3.44. The lowest BCUT2D eigenvalue weighted by Gasteiger charge is -2.29. The van der Waals surface area contributed by atoms with Crippen LogP contribution in [0.15, 0.2) is 0 Å². The molecule has 1 heterocycles. The zero-order valence-electron chi connectivity index (χ0n) is 9.96. The maximum Gasteiger partial charge on any atom is 0.223 e. The zero-order chi connectivity index (χ0) is 11.4. The molecule has 2 nitrogen and oxygen atoms in total. The predicted octanol–water partition coefficient (Wildman–Crippen LogP) is 3.34. The summed E-state index contributed by atoms with van der Waals surface area (Å²) in [6.45, 7) is 0.995. The standard InChI is InChI=1S/C13H22BrNO/c14-9-11-8-13(16)15(10-11)12-6-4-2-1-3-5-7-12/h11-12H,1-10H2. The van der Waals surface area contributed by atoms with Crippen molar-refractivity contribution in [1.82, 2.24) is 4.90 Å². The third-order valence-corrected chi connectivity index (χ3v) is 4.89. The van der Waals surface area contributed by atoms with E-state index in [9.17, 15) is 4.79 Å². The molecule has 0 aromatic carbocycles. The number of alkyl halides is 1. The number of likely N-dealkylation sites (tertiary alicyclic amines) is 1. The highest BCUT2D eigenvalue weighted by Gasteiger charge is 2.33.